The highest BCUT2D eigenvalue weighted by Crippen LogP contribution is 2.57. The Bertz CT molecular complexity index is 377. The van der Waals surface area contributed by atoms with Gasteiger partial charge in [-0.1, -0.05) is 0 Å². The van der Waals surface area contributed by atoms with E-state index in [0.29, 0.717) is 11.7 Å². The van der Waals surface area contributed by atoms with Crippen molar-refractivity contribution in [1.29, 1.82) is 0 Å². The summed E-state index contributed by atoms with van der Waals surface area (Å²) in [7, 11) is 0. The molecule has 2 heteroatoms. The largest absolute Gasteiger partial charge is 0.393 e. The lowest BCUT2D eigenvalue weighted by Gasteiger charge is -2.52. The molecule has 0 spiro atoms. The van der Waals surface area contributed by atoms with E-state index < -0.39 is 0 Å². The third-order valence-electron chi connectivity index (χ3n) is 7.00. The molecule has 0 aromatic rings. The van der Waals surface area contributed by atoms with Crippen LogP contribution < -0.4 is 0 Å². The summed E-state index contributed by atoms with van der Waals surface area (Å²) in [4.78, 5) is 12.0. The van der Waals surface area contributed by atoms with Crippen molar-refractivity contribution in [3.05, 3.63) is 0 Å². The molecule has 7 atom stereocenters. The Morgan fingerprint density at radius 3 is 2.42 bits per heavy atom. The number of ketones is 1. The zero-order valence-electron chi connectivity index (χ0n) is 11.8. The number of Topliss-reactive ketones (excluding diaryl/α,β-unsaturated/α-hetero) is 1. The Labute approximate surface area is 116 Å². The fourth-order valence-electron chi connectivity index (χ4n) is 6.25. The molecule has 4 aliphatic carbocycles. The van der Waals surface area contributed by atoms with Crippen LogP contribution in [-0.2, 0) is 4.79 Å². The highest BCUT2D eigenvalue weighted by Gasteiger charge is 2.51. The minimum atomic E-state index is -0.0257. The van der Waals surface area contributed by atoms with Crippen molar-refractivity contribution in [3.8, 4) is 0 Å². The van der Waals surface area contributed by atoms with Crippen LogP contribution in [0.25, 0.3) is 0 Å². The second-order valence-electron chi connectivity index (χ2n) is 7.65. The first-order valence-corrected chi connectivity index (χ1v) is 8.45. The molecule has 1 N–H and O–H groups in total. The Kier molecular flexibility index (Phi) is 2.98. The van der Waals surface area contributed by atoms with Crippen LogP contribution in [0.15, 0.2) is 0 Å². The van der Waals surface area contributed by atoms with Crippen LogP contribution in [0.4, 0.5) is 0 Å². The van der Waals surface area contributed by atoms with E-state index in [0.717, 1.165) is 48.9 Å². The van der Waals surface area contributed by atoms with Crippen LogP contribution in [0.1, 0.15) is 57.8 Å². The molecule has 0 heterocycles. The van der Waals surface area contributed by atoms with Gasteiger partial charge in [0.25, 0.3) is 0 Å². The number of carbonyl (C=O) groups excluding carboxylic acids is 1. The Morgan fingerprint density at radius 1 is 0.789 bits per heavy atom. The molecule has 0 aliphatic heterocycles. The van der Waals surface area contributed by atoms with Crippen molar-refractivity contribution < 1.29 is 9.90 Å². The predicted octanol–water partition coefficient (Wildman–Crippen LogP) is 3.18. The summed E-state index contributed by atoms with van der Waals surface area (Å²) in [5.41, 5.74) is 0. The van der Waals surface area contributed by atoms with Gasteiger partial charge in [0.15, 0.2) is 0 Å². The summed E-state index contributed by atoms with van der Waals surface area (Å²) in [6.07, 6.45) is 10.5. The summed E-state index contributed by atoms with van der Waals surface area (Å²) in [5, 5.41) is 9.88. The van der Waals surface area contributed by atoms with Gasteiger partial charge in [-0.2, -0.15) is 0 Å². The first kappa shape index (κ1) is 12.4. The SMILES string of the molecule is O=C1CCC2C1CC[C@@H]1C2CC[C@@H]2C[C@@H](O)CCC21. The summed E-state index contributed by atoms with van der Waals surface area (Å²) in [6.45, 7) is 0. The Balaban J connectivity index is 1.54. The van der Waals surface area contributed by atoms with Crippen molar-refractivity contribution in [2.75, 3.05) is 0 Å². The number of rotatable bonds is 0. The average molecular weight is 262 g/mol. The summed E-state index contributed by atoms with van der Waals surface area (Å²) < 4.78 is 0. The molecule has 2 nitrogen and oxygen atoms in total. The van der Waals surface area contributed by atoms with Gasteiger partial charge in [0.2, 0.25) is 0 Å². The van der Waals surface area contributed by atoms with Gasteiger partial charge >= 0.3 is 0 Å². The smallest absolute Gasteiger partial charge is 0.136 e. The van der Waals surface area contributed by atoms with Gasteiger partial charge in [-0.3, -0.25) is 4.79 Å². The molecule has 4 fully saturated rings. The molecule has 4 aliphatic rings. The topological polar surface area (TPSA) is 37.3 Å². The molecule has 0 radical (unpaired) electrons. The first-order chi connectivity index (χ1) is 9.24. The standard InChI is InChI=1S/C17H26O2/c18-11-2-4-12-10(9-11)1-3-14-13(12)5-6-16-15(14)7-8-17(16)19/h10-16,18H,1-9H2/t10-,11+,12?,13+,14?,15?,16?/m1/s1. The lowest BCUT2D eigenvalue weighted by atomic mass is 9.53. The number of hydrogen-bond acceptors (Lipinski definition) is 2. The van der Waals surface area contributed by atoms with Gasteiger partial charge in [-0.25, -0.2) is 0 Å². The van der Waals surface area contributed by atoms with E-state index in [1.165, 1.54) is 38.5 Å². The van der Waals surface area contributed by atoms with Crippen molar-refractivity contribution in [1.82, 2.24) is 0 Å². The van der Waals surface area contributed by atoms with E-state index >= 15 is 0 Å². The molecule has 0 aromatic heterocycles. The van der Waals surface area contributed by atoms with E-state index in [1.54, 1.807) is 0 Å². The summed E-state index contributed by atoms with van der Waals surface area (Å²) in [6, 6.07) is 0. The van der Waals surface area contributed by atoms with Crippen LogP contribution in [0.5, 0.6) is 0 Å². The maximum Gasteiger partial charge on any atom is 0.136 e. The molecule has 0 aromatic carbocycles. The lowest BCUT2D eigenvalue weighted by molar-refractivity contribution is -0.124. The van der Waals surface area contributed by atoms with Gasteiger partial charge in [-0.15, -0.1) is 0 Å². The molecule has 4 saturated carbocycles. The fourth-order valence-corrected chi connectivity index (χ4v) is 6.25. The van der Waals surface area contributed by atoms with Crippen LogP contribution in [0.2, 0.25) is 0 Å². The van der Waals surface area contributed by atoms with Gasteiger partial charge < -0.3 is 5.11 Å². The van der Waals surface area contributed by atoms with Gasteiger partial charge in [0, 0.05) is 12.3 Å². The second-order valence-corrected chi connectivity index (χ2v) is 7.65. The molecule has 0 amide bonds. The highest BCUT2D eigenvalue weighted by molar-refractivity contribution is 5.83. The average Bonchev–Trinajstić information content (AvgIpc) is 2.80. The normalized spacial score (nSPS) is 53.3. The third-order valence-corrected chi connectivity index (χ3v) is 7.00. The minimum absolute atomic E-state index is 0.0257. The van der Waals surface area contributed by atoms with Crippen molar-refractivity contribution >= 4 is 5.78 Å². The maximum absolute atomic E-state index is 12.0. The number of hydrogen-bond donors (Lipinski definition) is 1. The molecular formula is C17H26O2. The van der Waals surface area contributed by atoms with E-state index in [2.05, 4.69) is 0 Å². The third kappa shape index (κ3) is 1.90. The number of carbonyl (C=O) groups is 1. The summed E-state index contributed by atoms with van der Waals surface area (Å²) >= 11 is 0. The molecule has 4 unspecified atom stereocenters. The maximum atomic E-state index is 12.0. The van der Waals surface area contributed by atoms with Gasteiger partial charge in [-0.05, 0) is 81.0 Å². The number of fused-ring (bicyclic) bond motifs is 5. The second kappa shape index (κ2) is 4.58. The predicted molar refractivity (Wildman–Crippen MR) is 73.5 cm³/mol. The monoisotopic (exact) mass is 262 g/mol. The Hall–Kier alpha value is -0.370. The zero-order valence-corrected chi connectivity index (χ0v) is 11.8. The van der Waals surface area contributed by atoms with Crippen molar-refractivity contribution in [2.45, 2.75) is 63.9 Å². The van der Waals surface area contributed by atoms with E-state index in [4.69, 9.17) is 0 Å². The molecule has 0 saturated heterocycles. The first-order valence-electron chi connectivity index (χ1n) is 8.45. The molecule has 106 valence electrons. The molecule has 4 rings (SSSR count). The van der Waals surface area contributed by atoms with E-state index in [-0.39, 0.29) is 6.10 Å². The van der Waals surface area contributed by atoms with E-state index in [1.807, 2.05) is 0 Å². The molecule has 0 bridgehead atoms. The zero-order chi connectivity index (χ0) is 13.0. The van der Waals surface area contributed by atoms with Crippen molar-refractivity contribution in [3.63, 3.8) is 0 Å². The quantitative estimate of drug-likeness (QED) is 0.728. The minimum Gasteiger partial charge on any atom is -0.393 e. The molecular weight excluding hydrogens is 236 g/mol. The van der Waals surface area contributed by atoms with Crippen LogP contribution in [-0.4, -0.2) is 17.0 Å². The summed E-state index contributed by atoms with van der Waals surface area (Å²) in [5.74, 6) is 5.15. The fraction of sp³-hybridized carbons (Fsp3) is 0.941. The lowest BCUT2D eigenvalue weighted by Crippen LogP contribution is -2.45. The van der Waals surface area contributed by atoms with Crippen LogP contribution >= 0.6 is 0 Å². The number of aliphatic hydroxyl groups is 1. The van der Waals surface area contributed by atoms with Crippen molar-refractivity contribution in [2.24, 2.45) is 35.5 Å². The van der Waals surface area contributed by atoms with E-state index in [9.17, 15) is 9.90 Å². The van der Waals surface area contributed by atoms with Gasteiger partial charge in [0.05, 0.1) is 6.10 Å². The highest BCUT2D eigenvalue weighted by atomic mass is 16.3. The molecule has 19 heavy (non-hydrogen) atoms. The van der Waals surface area contributed by atoms with Crippen LogP contribution in [0, 0.1) is 35.5 Å². The number of aliphatic hydroxyl groups excluding tert-OH is 1. The van der Waals surface area contributed by atoms with Crippen LogP contribution in [0.3, 0.4) is 0 Å². The Morgan fingerprint density at radius 2 is 1.53 bits per heavy atom. The van der Waals surface area contributed by atoms with Gasteiger partial charge in [0.1, 0.15) is 5.78 Å².